The van der Waals surface area contributed by atoms with E-state index >= 15 is 0 Å². The summed E-state index contributed by atoms with van der Waals surface area (Å²) in [6.07, 6.45) is 0.518. The van der Waals surface area contributed by atoms with E-state index in [4.69, 9.17) is 11.6 Å². The third kappa shape index (κ3) is 3.77. The molecule has 2 N–H and O–H groups in total. The van der Waals surface area contributed by atoms with E-state index in [2.05, 4.69) is 21.6 Å². The summed E-state index contributed by atoms with van der Waals surface area (Å²) in [5.74, 6) is -0.370. The molecule has 2 aliphatic rings. The van der Waals surface area contributed by atoms with Gasteiger partial charge in [-0.15, -0.1) is 0 Å². The highest BCUT2D eigenvalue weighted by Crippen LogP contribution is 2.24. The van der Waals surface area contributed by atoms with Crippen molar-refractivity contribution in [2.45, 2.75) is 32.2 Å². The van der Waals surface area contributed by atoms with Crippen molar-refractivity contribution in [3.63, 3.8) is 0 Å². The molecule has 4 amide bonds. The van der Waals surface area contributed by atoms with Crippen LogP contribution in [0.15, 0.2) is 18.2 Å². The molecule has 0 spiro atoms. The highest BCUT2D eigenvalue weighted by molar-refractivity contribution is 6.31. The number of halogens is 1. The number of benzene rings is 1. The van der Waals surface area contributed by atoms with Crippen LogP contribution in [0.25, 0.3) is 0 Å². The van der Waals surface area contributed by atoms with Crippen LogP contribution in [0.5, 0.6) is 0 Å². The van der Waals surface area contributed by atoms with Gasteiger partial charge < -0.3 is 15.1 Å². The number of amides is 4. The van der Waals surface area contributed by atoms with Gasteiger partial charge in [-0.3, -0.25) is 14.9 Å². The molecule has 0 aromatic heterocycles. The standard InChI is InChI=1S/C18H23ClN4O3/c1-12-11-13(3-4-14(12)19)22-7-9-23(10-8-22)15(24)5-6-18(2)16(25)20-17(26)21-18/h3-4,11H,5-10H2,1-2H3,(H2,20,21,25,26). The Balaban J connectivity index is 1.51. The average Bonchev–Trinajstić information content (AvgIpc) is 2.87. The van der Waals surface area contributed by atoms with Gasteiger partial charge in [0, 0.05) is 43.3 Å². The third-order valence-corrected chi connectivity index (χ3v) is 5.52. The SMILES string of the molecule is Cc1cc(N2CCN(C(=O)CCC3(C)NC(=O)NC3=O)CC2)ccc1Cl. The molecule has 140 valence electrons. The zero-order chi connectivity index (χ0) is 18.9. The monoisotopic (exact) mass is 378 g/mol. The molecule has 8 heteroatoms. The van der Waals surface area contributed by atoms with E-state index in [-0.39, 0.29) is 18.2 Å². The number of urea groups is 1. The van der Waals surface area contributed by atoms with E-state index < -0.39 is 11.6 Å². The summed E-state index contributed by atoms with van der Waals surface area (Å²) >= 11 is 6.08. The number of carbonyl (C=O) groups excluding carboxylic acids is 3. The molecule has 2 saturated heterocycles. The number of aryl methyl sites for hydroxylation is 1. The molecule has 7 nitrogen and oxygen atoms in total. The molecule has 2 heterocycles. The Bertz CT molecular complexity index is 746. The smallest absolute Gasteiger partial charge is 0.322 e. The Morgan fingerprint density at radius 3 is 2.50 bits per heavy atom. The van der Waals surface area contributed by atoms with Gasteiger partial charge in [0.2, 0.25) is 5.91 Å². The summed E-state index contributed by atoms with van der Waals surface area (Å²) in [7, 11) is 0. The predicted octanol–water partition coefficient (Wildman–Crippen LogP) is 1.68. The fraction of sp³-hybridized carbons (Fsp3) is 0.500. The van der Waals surface area contributed by atoms with Crippen molar-refractivity contribution in [1.82, 2.24) is 15.5 Å². The van der Waals surface area contributed by atoms with E-state index in [9.17, 15) is 14.4 Å². The molecule has 1 unspecified atom stereocenters. The Morgan fingerprint density at radius 1 is 1.23 bits per heavy atom. The lowest BCUT2D eigenvalue weighted by Gasteiger charge is -2.36. The highest BCUT2D eigenvalue weighted by atomic mass is 35.5. The van der Waals surface area contributed by atoms with Crippen LogP contribution in [0.1, 0.15) is 25.3 Å². The van der Waals surface area contributed by atoms with Crippen LogP contribution in [0.4, 0.5) is 10.5 Å². The van der Waals surface area contributed by atoms with Gasteiger partial charge in [0.05, 0.1) is 0 Å². The summed E-state index contributed by atoms with van der Waals surface area (Å²) in [5.41, 5.74) is 1.14. The molecular weight excluding hydrogens is 356 g/mol. The summed E-state index contributed by atoms with van der Waals surface area (Å²) in [6.45, 7) is 6.39. The van der Waals surface area contributed by atoms with Gasteiger partial charge in [0.25, 0.3) is 5.91 Å². The second-order valence-electron chi connectivity index (χ2n) is 7.04. The molecule has 2 aliphatic heterocycles. The van der Waals surface area contributed by atoms with Gasteiger partial charge >= 0.3 is 6.03 Å². The number of carbonyl (C=O) groups is 3. The van der Waals surface area contributed by atoms with Crippen LogP contribution in [-0.2, 0) is 9.59 Å². The fourth-order valence-electron chi connectivity index (χ4n) is 3.31. The number of imide groups is 1. The van der Waals surface area contributed by atoms with Crippen molar-refractivity contribution in [1.29, 1.82) is 0 Å². The summed E-state index contributed by atoms with van der Waals surface area (Å²) < 4.78 is 0. The molecular formula is C18H23ClN4O3. The first-order valence-corrected chi connectivity index (χ1v) is 9.09. The van der Waals surface area contributed by atoms with Crippen LogP contribution < -0.4 is 15.5 Å². The average molecular weight is 379 g/mol. The van der Waals surface area contributed by atoms with Crippen molar-refractivity contribution in [3.05, 3.63) is 28.8 Å². The van der Waals surface area contributed by atoms with Gasteiger partial charge in [-0.05, 0) is 44.0 Å². The lowest BCUT2D eigenvalue weighted by atomic mass is 9.96. The third-order valence-electron chi connectivity index (χ3n) is 5.10. The van der Waals surface area contributed by atoms with E-state index in [1.54, 1.807) is 6.92 Å². The maximum Gasteiger partial charge on any atom is 0.322 e. The van der Waals surface area contributed by atoms with Crippen LogP contribution in [0, 0.1) is 6.92 Å². The normalized spacial score (nSPS) is 23.0. The maximum atomic E-state index is 12.5. The number of hydrogen-bond donors (Lipinski definition) is 2. The molecule has 1 atom stereocenters. The second-order valence-corrected chi connectivity index (χ2v) is 7.45. The topological polar surface area (TPSA) is 81.8 Å². The van der Waals surface area contributed by atoms with Gasteiger partial charge in [-0.1, -0.05) is 11.6 Å². The van der Waals surface area contributed by atoms with E-state index in [0.717, 1.165) is 29.4 Å². The Kier molecular flexibility index (Phi) is 5.09. The number of anilines is 1. The van der Waals surface area contributed by atoms with Crippen molar-refractivity contribution in [3.8, 4) is 0 Å². The largest absolute Gasteiger partial charge is 0.368 e. The lowest BCUT2D eigenvalue weighted by molar-refractivity contribution is -0.132. The Morgan fingerprint density at radius 2 is 1.92 bits per heavy atom. The van der Waals surface area contributed by atoms with E-state index in [0.29, 0.717) is 19.5 Å². The number of nitrogens with one attached hydrogen (secondary N) is 2. The van der Waals surface area contributed by atoms with Gasteiger partial charge in [0.15, 0.2) is 0 Å². The molecule has 0 bridgehead atoms. The molecule has 0 radical (unpaired) electrons. The summed E-state index contributed by atoms with van der Waals surface area (Å²) in [6, 6.07) is 5.44. The Labute approximate surface area is 157 Å². The summed E-state index contributed by atoms with van der Waals surface area (Å²) in [5, 5.41) is 5.55. The minimum Gasteiger partial charge on any atom is -0.368 e. The molecule has 0 aliphatic carbocycles. The maximum absolute atomic E-state index is 12.5. The minimum atomic E-state index is -1.00. The molecule has 0 saturated carbocycles. The zero-order valence-electron chi connectivity index (χ0n) is 15.0. The minimum absolute atomic E-state index is 0.00658. The number of hydrogen-bond acceptors (Lipinski definition) is 4. The summed E-state index contributed by atoms with van der Waals surface area (Å²) in [4.78, 5) is 39.6. The Hall–Kier alpha value is -2.28. The number of piperazine rings is 1. The molecule has 2 fully saturated rings. The highest BCUT2D eigenvalue weighted by Gasteiger charge is 2.42. The second kappa shape index (κ2) is 7.15. The molecule has 3 rings (SSSR count). The number of nitrogens with zero attached hydrogens (tertiary/aromatic N) is 2. The molecule has 1 aromatic rings. The van der Waals surface area contributed by atoms with Crippen LogP contribution >= 0.6 is 11.6 Å². The van der Waals surface area contributed by atoms with Crippen LogP contribution in [0.2, 0.25) is 5.02 Å². The number of rotatable bonds is 4. The van der Waals surface area contributed by atoms with Crippen molar-refractivity contribution < 1.29 is 14.4 Å². The van der Waals surface area contributed by atoms with Gasteiger partial charge in [0.1, 0.15) is 5.54 Å². The van der Waals surface area contributed by atoms with Crippen molar-refractivity contribution in [2.24, 2.45) is 0 Å². The van der Waals surface area contributed by atoms with Gasteiger partial charge in [-0.2, -0.15) is 0 Å². The van der Waals surface area contributed by atoms with Crippen molar-refractivity contribution in [2.75, 3.05) is 31.1 Å². The van der Waals surface area contributed by atoms with E-state index in [1.165, 1.54) is 0 Å². The van der Waals surface area contributed by atoms with Crippen LogP contribution in [-0.4, -0.2) is 54.5 Å². The first kappa shape index (κ1) is 18.5. The van der Waals surface area contributed by atoms with Crippen LogP contribution in [0.3, 0.4) is 0 Å². The fourth-order valence-corrected chi connectivity index (χ4v) is 3.43. The first-order valence-electron chi connectivity index (χ1n) is 8.71. The first-order chi connectivity index (χ1) is 12.3. The van der Waals surface area contributed by atoms with E-state index in [1.807, 2.05) is 24.0 Å². The quantitative estimate of drug-likeness (QED) is 0.781. The van der Waals surface area contributed by atoms with Crippen molar-refractivity contribution >= 4 is 35.1 Å². The predicted molar refractivity (Wildman–Crippen MR) is 99.3 cm³/mol. The lowest BCUT2D eigenvalue weighted by Crippen LogP contribution is -2.50. The van der Waals surface area contributed by atoms with Gasteiger partial charge in [-0.25, -0.2) is 4.79 Å². The zero-order valence-corrected chi connectivity index (χ0v) is 15.7. The molecule has 26 heavy (non-hydrogen) atoms. The molecule has 1 aromatic carbocycles.